The van der Waals surface area contributed by atoms with E-state index in [2.05, 4.69) is 38.2 Å². The van der Waals surface area contributed by atoms with Gasteiger partial charge in [-0.3, -0.25) is 4.79 Å². The molecule has 0 aromatic carbocycles. The molecule has 0 saturated carbocycles. The Morgan fingerprint density at radius 1 is 0.564 bits per heavy atom. The summed E-state index contributed by atoms with van der Waals surface area (Å²) in [4.78, 5) is 23.6. The molecule has 4 nitrogen and oxygen atoms in total. The van der Waals surface area contributed by atoms with E-state index >= 15 is 0 Å². The van der Waals surface area contributed by atoms with Crippen molar-refractivity contribution in [3.63, 3.8) is 0 Å². The fraction of sp³-hybridized carbons (Fsp3) is 0.829. The Hall–Kier alpha value is -1.58. The van der Waals surface area contributed by atoms with Crippen LogP contribution in [0.1, 0.15) is 181 Å². The van der Waals surface area contributed by atoms with Gasteiger partial charge in [0.25, 0.3) is 0 Å². The lowest BCUT2D eigenvalue weighted by Gasteiger charge is -2.13. The summed E-state index contributed by atoms with van der Waals surface area (Å²) >= 11 is 0. The lowest BCUT2D eigenvalue weighted by Crippen LogP contribution is -2.27. The monoisotopic (exact) mass is 548 g/mol. The lowest BCUT2D eigenvalue weighted by atomic mass is 10.0. The highest BCUT2D eigenvalue weighted by Crippen LogP contribution is 2.15. The Bertz CT molecular complexity index is 595. The smallest absolute Gasteiger partial charge is 0.345 e. The molecular formula is C35H64O4. The molecule has 0 aliphatic heterocycles. The second-order valence-corrected chi connectivity index (χ2v) is 11.3. The van der Waals surface area contributed by atoms with Crippen LogP contribution in [0.25, 0.3) is 0 Å². The van der Waals surface area contributed by atoms with Crippen molar-refractivity contribution in [2.45, 2.75) is 187 Å². The number of carbonyl (C=O) groups is 2. The molecule has 0 aromatic rings. The van der Waals surface area contributed by atoms with Gasteiger partial charge in [-0.2, -0.15) is 0 Å². The number of aliphatic carboxylic acids is 1. The number of hydrogen-bond donors (Lipinski definition) is 1. The van der Waals surface area contributed by atoms with Crippen LogP contribution in [0, 0.1) is 0 Å². The maximum absolute atomic E-state index is 12.1. The van der Waals surface area contributed by atoms with E-state index in [1.165, 1.54) is 109 Å². The molecule has 0 aliphatic carbocycles. The predicted octanol–water partition coefficient (Wildman–Crippen LogP) is 11.3. The number of hydrogen-bond acceptors (Lipinski definition) is 3. The first-order valence-corrected chi connectivity index (χ1v) is 16.8. The molecule has 39 heavy (non-hydrogen) atoms. The number of carboxylic acids is 1. The van der Waals surface area contributed by atoms with Gasteiger partial charge in [0.05, 0.1) is 0 Å². The van der Waals surface area contributed by atoms with E-state index in [4.69, 9.17) is 4.74 Å². The highest BCUT2D eigenvalue weighted by molar-refractivity contribution is 5.77. The zero-order valence-corrected chi connectivity index (χ0v) is 25.9. The molecule has 0 saturated heterocycles. The predicted molar refractivity (Wildman–Crippen MR) is 167 cm³/mol. The summed E-state index contributed by atoms with van der Waals surface area (Å²) in [5, 5.41) is 9.42. The molecule has 0 bridgehead atoms. The Balaban J connectivity index is 3.59. The number of carboxylic acid groups (broad SMARTS) is 1. The van der Waals surface area contributed by atoms with Crippen molar-refractivity contribution in [2.24, 2.45) is 0 Å². The third kappa shape index (κ3) is 29.2. The minimum atomic E-state index is -1.01. The van der Waals surface area contributed by atoms with Gasteiger partial charge in [0.2, 0.25) is 0 Å². The van der Waals surface area contributed by atoms with Crippen molar-refractivity contribution in [3.8, 4) is 0 Å². The highest BCUT2D eigenvalue weighted by atomic mass is 16.6. The van der Waals surface area contributed by atoms with Gasteiger partial charge in [0, 0.05) is 6.42 Å². The Kier molecular flexibility index (Phi) is 29.7. The van der Waals surface area contributed by atoms with E-state index in [1.807, 2.05) is 0 Å². The van der Waals surface area contributed by atoms with Crippen LogP contribution in [0.15, 0.2) is 24.3 Å². The van der Waals surface area contributed by atoms with Gasteiger partial charge >= 0.3 is 11.9 Å². The summed E-state index contributed by atoms with van der Waals surface area (Å²) in [6.07, 6.45) is 37.7. The first-order valence-electron chi connectivity index (χ1n) is 16.8. The number of carbonyl (C=O) groups excluding carboxylic acids is 1. The maximum atomic E-state index is 12.1. The molecule has 0 aromatic heterocycles. The fourth-order valence-electron chi connectivity index (χ4n) is 4.88. The zero-order valence-electron chi connectivity index (χ0n) is 25.9. The van der Waals surface area contributed by atoms with E-state index in [1.54, 1.807) is 0 Å². The van der Waals surface area contributed by atoms with Crippen molar-refractivity contribution >= 4 is 11.9 Å². The van der Waals surface area contributed by atoms with Crippen LogP contribution in [-0.4, -0.2) is 23.1 Å². The lowest BCUT2D eigenvalue weighted by molar-refractivity contribution is -0.164. The van der Waals surface area contributed by atoms with Crippen LogP contribution in [-0.2, 0) is 14.3 Å². The Morgan fingerprint density at radius 2 is 0.974 bits per heavy atom. The molecule has 228 valence electrons. The van der Waals surface area contributed by atoms with E-state index < -0.39 is 12.1 Å². The fourth-order valence-corrected chi connectivity index (χ4v) is 4.88. The maximum Gasteiger partial charge on any atom is 0.345 e. The number of esters is 1. The van der Waals surface area contributed by atoms with Crippen LogP contribution in [0.3, 0.4) is 0 Å². The third-order valence-electron chi connectivity index (χ3n) is 7.45. The van der Waals surface area contributed by atoms with Crippen molar-refractivity contribution in [1.82, 2.24) is 0 Å². The molecule has 0 aliphatic rings. The standard InChI is InChI=1S/C35H64O4/c1-3-5-7-9-11-13-15-16-17-18-19-20-22-24-26-28-30-32-34(36)39-33(35(37)38)31-29-27-25-23-21-14-12-10-8-6-4-2/h11,13,16-17,33H,3-10,12,14-15,18-32H2,1-2H3,(H,37,38)/b13-11-,17-16-. The molecule has 0 spiro atoms. The first-order chi connectivity index (χ1) is 19.1. The van der Waals surface area contributed by atoms with Gasteiger partial charge in [0.15, 0.2) is 6.10 Å². The first kappa shape index (κ1) is 37.4. The molecular weight excluding hydrogens is 484 g/mol. The molecule has 4 heteroatoms. The number of ether oxygens (including phenoxy) is 1. The number of rotatable bonds is 30. The van der Waals surface area contributed by atoms with Gasteiger partial charge in [-0.25, -0.2) is 4.79 Å². The van der Waals surface area contributed by atoms with Gasteiger partial charge in [-0.05, 0) is 51.4 Å². The van der Waals surface area contributed by atoms with Crippen molar-refractivity contribution in [3.05, 3.63) is 24.3 Å². The molecule has 1 unspecified atom stereocenters. The van der Waals surface area contributed by atoms with E-state index in [0.717, 1.165) is 44.9 Å². The minimum absolute atomic E-state index is 0.333. The minimum Gasteiger partial charge on any atom is -0.479 e. The Labute approximate surface area is 242 Å². The average molecular weight is 549 g/mol. The zero-order chi connectivity index (χ0) is 28.7. The SMILES string of the molecule is CCCCC/C=C\C/C=C\CCCCCCCCCC(=O)OC(CCCCCCCCCCCCC)C(=O)O. The second-order valence-electron chi connectivity index (χ2n) is 11.3. The quantitative estimate of drug-likeness (QED) is 0.0550. The molecule has 1 N–H and O–H groups in total. The van der Waals surface area contributed by atoms with E-state index in [9.17, 15) is 14.7 Å². The van der Waals surface area contributed by atoms with Crippen LogP contribution in [0.2, 0.25) is 0 Å². The van der Waals surface area contributed by atoms with Gasteiger partial charge in [-0.15, -0.1) is 0 Å². The molecule has 1 atom stereocenters. The van der Waals surface area contributed by atoms with Gasteiger partial charge < -0.3 is 9.84 Å². The highest BCUT2D eigenvalue weighted by Gasteiger charge is 2.21. The largest absolute Gasteiger partial charge is 0.479 e. The average Bonchev–Trinajstić information content (AvgIpc) is 2.92. The summed E-state index contributed by atoms with van der Waals surface area (Å²) in [5.74, 6) is -1.36. The summed E-state index contributed by atoms with van der Waals surface area (Å²) in [7, 11) is 0. The van der Waals surface area contributed by atoms with E-state index in [0.29, 0.717) is 12.8 Å². The molecule has 0 radical (unpaired) electrons. The number of unbranched alkanes of at least 4 members (excludes halogenated alkanes) is 20. The van der Waals surface area contributed by atoms with E-state index in [-0.39, 0.29) is 5.97 Å². The van der Waals surface area contributed by atoms with Crippen molar-refractivity contribution < 1.29 is 19.4 Å². The van der Waals surface area contributed by atoms with Crippen LogP contribution < -0.4 is 0 Å². The van der Waals surface area contributed by atoms with Crippen molar-refractivity contribution in [1.29, 1.82) is 0 Å². The summed E-state index contributed by atoms with van der Waals surface area (Å²) in [6.45, 7) is 4.49. The topological polar surface area (TPSA) is 63.6 Å². The van der Waals surface area contributed by atoms with Crippen LogP contribution in [0.4, 0.5) is 0 Å². The molecule has 0 amide bonds. The summed E-state index contributed by atoms with van der Waals surface area (Å²) < 4.78 is 5.28. The molecule has 0 rings (SSSR count). The van der Waals surface area contributed by atoms with Crippen LogP contribution >= 0.6 is 0 Å². The van der Waals surface area contributed by atoms with Gasteiger partial charge in [-0.1, -0.05) is 147 Å². The normalized spacial score (nSPS) is 12.5. The van der Waals surface area contributed by atoms with Crippen molar-refractivity contribution in [2.75, 3.05) is 0 Å². The number of allylic oxidation sites excluding steroid dienone is 4. The summed E-state index contributed by atoms with van der Waals surface area (Å²) in [5.41, 5.74) is 0. The summed E-state index contributed by atoms with van der Waals surface area (Å²) in [6, 6.07) is 0. The molecule has 0 heterocycles. The second kappa shape index (κ2) is 31.0. The molecule has 0 fully saturated rings. The Morgan fingerprint density at radius 3 is 1.49 bits per heavy atom. The van der Waals surface area contributed by atoms with Crippen LogP contribution in [0.5, 0.6) is 0 Å². The third-order valence-corrected chi connectivity index (χ3v) is 7.45. The van der Waals surface area contributed by atoms with Gasteiger partial charge in [0.1, 0.15) is 0 Å².